The number of hydrogen-bond donors (Lipinski definition) is 1. The highest BCUT2D eigenvalue weighted by Gasteiger charge is 2.21. The van der Waals surface area contributed by atoms with Crippen LogP contribution in [0.15, 0.2) is 40.9 Å². The van der Waals surface area contributed by atoms with Gasteiger partial charge in [-0.3, -0.25) is 4.79 Å². The number of rotatable bonds is 4. The Kier molecular flexibility index (Phi) is 3.56. The predicted octanol–water partition coefficient (Wildman–Crippen LogP) is 3.67. The maximum atomic E-state index is 12.0. The number of nitrogens with one attached hydrogen (secondary N) is 1. The molecule has 3 rings (SSSR count). The molecule has 3 heteroatoms. The van der Waals surface area contributed by atoms with Crippen LogP contribution >= 0.6 is 15.9 Å². The largest absolute Gasteiger partial charge is 0.356 e. The van der Waals surface area contributed by atoms with Gasteiger partial charge in [-0.15, -0.1) is 0 Å². The first-order chi connectivity index (χ1) is 9.22. The van der Waals surface area contributed by atoms with Gasteiger partial charge in [-0.1, -0.05) is 40.2 Å². The van der Waals surface area contributed by atoms with Crippen LogP contribution in [0.3, 0.4) is 0 Å². The summed E-state index contributed by atoms with van der Waals surface area (Å²) in [6, 6.07) is 12.3. The van der Waals surface area contributed by atoms with Crippen LogP contribution in [0.1, 0.15) is 18.4 Å². The van der Waals surface area contributed by atoms with Gasteiger partial charge in [0.05, 0.1) is 6.42 Å². The molecule has 1 aliphatic rings. The molecule has 2 aromatic carbocycles. The molecule has 98 valence electrons. The molecule has 0 unspecified atom stereocenters. The third-order valence-corrected chi connectivity index (χ3v) is 4.06. The smallest absolute Gasteiger partial charge is 0.224 e. The van der Waals surface area contributed by atoms with Crippen LogP contribution in [0.2, 0.25) is 0 Å². The Morgan fingerprint density at radius 3 is 2.89 bits per heavy atom. The van der Waals surface area contributed by atoms with E-state index in [9.17, 15) is 4.79 Å². The Labute approximate surface area is 121 Å². The van der Waals surface area contributed by atoms with Crippen molar-refractivity contribution in [3.8, 4) is 0 Å². The van der Waals surface area contributed by atoms with E-state index in [-0.39, 0.29) is 5.91 Å². The number of carbonyl (C=O) groups excluding carboxylic acids is 1. The number of amides is 1. The molecule has 0 aliphatic heterocycles. The summed E-state index contributed by atoms with van der Waals surface area (Å²) in [6.07, 6.45) is 2.99. The van der Waals surface area contributed by atoms with Crippen molar-refractivity contribution in [1.82, 2.24) is 5.32 Å². The van der Waals surface area contributed by atoms with Gasteiger partial charge in [-0.05, 0) is 47.2 Å². The van der Waals surface area contributed by atoms with Crippen molar-refractivity contribution in [3.05, 3.63) is 46.4 Å². The normalized spacial score (nSPS) is 14.6. The molecular formula is C16H16BrNO. The summed E-state index contributed by atoms with van der Waals surface area (Å²) < 4.78 is 1.05. The molecular weight excluding hydrogens is 302 g/mol. The molecule has 19 heavy (non-hydrogen) atoms. The van der Waals surface area contributed by atoms with E-state index in [0.717, 1.165) is 27.9 Å². The van der Waals surface area contributed by atoms with Crippen molar-refractivity contribution >= 4 is 32.6 Å². The Morgan fingerprint density at radius 2 is 2.11 bits per heavy atom. The van der Waals surface area contributed by atoms with Gasteiger partial charge in [-0.2, -0.15) is 0 Å². The maximum Gasteiger partial charge on any atom is 0.224 e. The highest BCUT2D eigenvalue weighted by Crippen LogP contribution is 2.27. The van der Waals surface area contributed by atoms with E-state index in [0.29, 0.717) is 6.42 Å². The summed E-state index contributed by atoms with van der Waals surface area (Å²) in [7, 11) is 0. The lowest BCUT2D eigenvalue weighted by Gasteiger charge is -2.08. The fraction of sp³-hybridized carbons (Fsp3) is 0.312. The van der Waals surface area contributed by atoms with Gasteiger partial charge in [0, 0.05) is 11.0 Å². The Bertz CT molecular complexity index is 619. The summed E-state index contributed by atoms with van der Waals surface area (Å²) in [6.45, 7) is 0.841. The third-order valence-electron chi connectivity index (χ3n) is 3.57. The quantitative estimate of drug-likeness (QED) is 0.915. The summed E-state index contributed by atoms with van der Waals surface area (Å²) in [4.78, 5) is 12.0. The Morgan fingerprint density at radius 1 is 1.26 bits per heavy atom. The predicted molar refractivity (Wildman–Crippen MR) is 81.1 cm³/mol. The van der Waals surface area contributed by atoms with Gasteiger partial charge < -0.3 is 5.32 Å². The van der Waals surface area contributed by atoms with Crippen molar-refractivity contribution in [2.45, 2.75) is 19.3 Å². The van der Waals surface area contributed by atoms with Crippen LogP contribution < -0.4 is 5.32 Å². The van der Waals surface area contributed by atoms with E-state index >= 15 is 0 Å². The second-order valence-electron chi connectivity index (χ2n) is 5.21. The minimum atomic E-state index is 0.124. The number of benzene rings is 2. The molecule has 0 heterocycles. The first kappa shape index (κ1) is 12.7. The second-order valence-corrected chi connectivity index (χ2v) is 6.12. The van der Waals surface area contributed by atoms with Crippen molar-refractivity contribution < 1.29 is 4.79 Å². The van der Waals surface area contributed by atoms with Crippen LogP contribution in [0, 0.1) is 5.92 Å². The van der Waals surface area contributed by atoms with E-state index in [4.69, 9.17) is 0 Å². The molecule has 2 aromatic rings. The zero-order chi connectivity index (χ0) is 13.2. The van der Waals surface area contributed by atoms with Crippen molar-refractivity contribution in [1.29, 1.82) is 0 Å². The number of hydrogen-bond acceptors (Lipinski definition) is 1. The van der Waals surface area contributed by atoms with Crippen molar-refractivity contribution in [2.24, 2.45) is 5.92 Å². The monoisotopic (exact) mass is 317 g/mol. The van der Waals surface area contributed by atoms with Gasteiger partial charge >= 0.3 is 0 Å². The lowest BCUT2D eigenvalue weighted by atomic mass is 10.0. The third kappa shape index (κ3) is 3.16. The molecule has 0 spiro atoms. The molecule has 1 aliphatic carbocycles. The molecule has 0 atom stereocenters. The molecule has 0 saturated heterocycles. The lowest BCUT2D eigenvalue weighted by molar-refractivity contribution is -0.120. The molecule has 2 nitrogen and oxygen atoms in total. The van der Waals surface area contributed by atoms with Crippen LogP contribution in [0.5, 0.6) is 0 Å². The fourth-order valence-electron chi connectivity index (χ4n) is 2.28. The molecule has 0 radical (unpaired) electrons. The molecule has 0 aromatic heterocycles. The molecule has 1 N–H and O–H groups in total. The highest BCUT2D eigenvalue weighted by atomic mass is 79.9. The van der Waals surface area contributed by atoms with E-state index in [2.05, 4.69) is 39.4 Å². The van der Waals surface area contributed by atoms with Crippen molar-refractivity contribution in [2.75, 3.05) is 6.54 Å². The SMILES string of the molecule is O=C(Cc1cccc2ccc(Br)cc12)NCC1CC1. The molecule has 0 bridgehead atoms. The van der Waals surface area contributed by atoms with Crippen LogP contribution in [0.4, 0.5) is 0 Å². The molecule has 1 amide bonds. The zero-order valence-corrected chi connectivity index (χ0v) is 12.2. The lowest BCUT2D eigenvalue weighted by Crippen LogP contribution is -2.27. The van der Waals surface area contributed by atoms with Gasteiger partial charge in [-0.25, -0.2) is 0 Å². The van der Waals surface area contributed by atoms with E-state index in [1.165, 1.54) is 18.2 Å². The molecule has 1 fully saturated rings. The average Bonchev–Trinajstić information content (AvgIpc) is 3.21. The topological polar surface area (TPSA) is 29.1 Å². The van der Waals surface area contributed by atoms with Gasteiger partial charge in [0.2, 0.25) is 5.91 Å². The van der Waals surface area contributed by atoms with E-state index in [1.54, 1.807) is 0 Å². The summed E-state index contributed by atoms with van der Waals surface area (Å²) >= 11 is 3.49. The molecule has 1 saturated carbocycles. The van der Waals surface area contributed by atoms with Crippen molar-refractivity contribution in [3.63, 3.8) is 0 Å². The zero-order valence-electron chi connectivity index (χ0n) is 10.7. The minimum Gasteiger partial charge on any atom is -0.356 e. The second kappa shape index (κ2) is 5.33. The first-order valence-electron chi connectivity index (χ1n) is 6.66. The van der Waals surface area contributed by atoms with Crippen LogP contribution in [-0.4, -0.2) is 12.5 Å². The summed E-state index contributed by atoms with van der Waals surface area (Å²) in [5, 5.41) is 5.35. The van der Waals surface area contributed by atoms with E-state index < -0.39 is 0 Å². The minimum absolute atomic E-state index is 0.124. The van der Waals surface area contributed by atoms with Gasteiger partial charge in [0.25, 0.3) is 0 Å². The van der Waals surface area contributed by atoms with Crippen LogP contribution in [-0.2, 0) is 11.2 Å². The first-order valence-corrected chi connectivity index (χ1v) is 7.45. The van der Waals surface area contributed by atoms with Gasteiger partial charge in [0.1, 0.15) is 0 Å². The highest BCUT2D eigenvalue weighted by molar-refractivity contribution is 9.10. The average molecular weight is 318 g/mol. The Balaban J connectivity index is 1.79. The summed E-state index contributed by atoms with van der Waals surface area (Å²) in [5.41, 5.74) is 1.09. The van der Waals surface area contributed by atoms with E-state index in [1.807, 2.05) is 18.2 Å². The van der Waals surface area contributed by atoms with Gasteiger partial charge in [0.15, 0.2) is 0 Å². The number of carbonyl (C=O) groups is 1. The maximum absolute atomic E-state index is 12.0. The number of fused-ring (bicyclic) bond motifs is 1. The Hall–Kier alpha value is -1.35. The van der Waals surface area contributed by atoms with Crippen LogP contribution in [0.25, 0.3) is 10.8 Å². The summed E-state index contributed by atoms with van der Waals surface area (Å²) in [5.74, 6) is 0.852. The standard InChI is InChI=1S/C16H16BrNO/c17-14-7-6-12-2-1-3-13(15(12)9-14)8-16(19)18-10-11-4-5-11/h1-3,6-7,9,11H,4-5,8,10H2,(H,18,19). The number of halogens is 1. The fourth-order valence-corrected chi connectivity index (χ4v) is 2.64.